The Labute approximate surface area is 122 Å². The number of likely N-dealkylation sites (N-methyl/N-ethyl adjacent to an activating group) is 1. The molecule has 0 bridgehead atoms. The Morgan fingerprint density at radius 1 is 1.56 bits per heavy atom. The predicted octanol–water partition coefficient (Wildman–Crippen LogP) is 2.54. The zero-order chi connectivity index (χ0) is 13.1. The van der Waals surface area contributed by atoms with E-state index in [2.05, 4.69) is 51.3 Å². The van der Waals surface area contributed by atoms with Crippen molar-refractivity contribution < 1.29 is 0 Å². The first kappa shape index (κ1) is 14.5. The molecule has 2 N–H and O–H groups in total. The van der Waals surface area contributed by atoms with Crippen molar-refractivity contribution in [3.8, 4) is 0 Å². The van der Waals surface area contributed by atoms with E-state index >= 15 is 0 Å². The molecule has 1 aliphatic heterocycles. The number of halogens is 1. The molecule has 2 heterocycles. The first-order chi connectivity index (χ1) is 8.61. The van der Waals surface area contributed by atoms with Crippen molar-refractivity contribution in [1.82, 2.24) is 9.80 Å². The summed E-state index contributed by atoms with van der Waals surface area (Å²) in [4.78, 5) is 6.25. The third-order valence-electron chi connectivity index (χ3n) is 3.90. The molecule has 0 aromatic carbocycles. The summed E-state index contributed by atoms with van der Waals surface area (Å²) < 4.78 is 1.16. The van der Waals surface area contributed by atoms with Crippen LogP contribution in [0.1, 0.15) is 23.8 Å². The summed E-state index contributed by atoms with van der Waals surface area (Å²) in [5.41, 5.74) is 5.99. The number of rotatable bonds is 4. The lowest BCUT2D eigenvalue weighted by molar-refractivity contribution is 0.111. The van der Waals surface area contributed by atoms with Crippen LogP contribution in [0, 0.1) is 0 Å². The van der Waals surface area contributed by atoms with Crippen LogP contribution >= 0.6 is 27.3 Å². The fourth-order valence-corrected chi connectivity index (χ4v) is 4.25. The summed E-state index contributed by atoms with van der Waals surface area (Å²) in [5, 5.41) is 2.14. The molecule has 0 aliphatic carbocycles. The normalized spacial score (nSPS) is 20.5. The Bertz CT molecular complexity index is 374. The monoisotopic (exact) mass is 331 g/mol. The molecule has 0 radical (unpaired) electrons. The average Bonchev–Trinajstić information content (AvgIpc) is 2.77. The van der Waals surface area contributed by atoms with E-state index in [1.165, 1.54) is 30.8 Å². The molecule has 1 aromatic rings. The molecule has 1 atom stereocenters. The zero-order valence-electron chi connectivity index (χ0n) is 11.1. The third-order valence-corrected chi connectivity index (χ3v) is 5.69. The number of piperidine rings is 1. The maximum absolute atomic E-state index is 5.99. The lowest BCUT2D eigenvalue weighted by Crippen LogP contribution is -2.44. The van der Waals surface area contributed by atoms with Gasteiger partial charge in [-0.05, 0) is 62.0 Å². The fraction of sp³-hybridized carbons (Fsp3) is 0.692. The van der Waals surface area contributed by atoms with Crippen molar-refractivity contribution in [1.29, 1.82) is 0 Å². The number of likely N-dealkylation sites (tertiary alicyclic amines) is 1. The minimum atomic E-state index is 0.356. The Balaban J connectivity index is 2.03. The van der Waals surface area contributed by atoms with Gasteiger partial charge in [-0.3, -0.25) is 4.90 Å². The van der Waals surface area contributed by atoms with Gasteiger partial charge in [-0.1, -0.05) is 0 Å². The third kappa shape index (κ3) is 3.33. The SMILES string of the molecule is CN1CCC(N(C)C(CN)c2cc(Br)cs2)CC1. The highest BCUT2D eigenvalue weighted by atomic mass is 79.9. The van der Waals surface area contributed by atoms with Crippen LogP contribution in [-0.4, -0.2) is 49.6 Å². The molecule has 18 heavy (non-hydrogen) atoms. The maximum atomic E-state index is 5.99. The Hall–Kier alpha value is 0.0600. The van der Waals surface area contributed by atoms with Crippen molar-refractivity contribution in [2.75, 3.05) is 33.7 Å². The minimum Gasteiger partial charge on any atom is -0.329 e. The fourth-order valence-electron chi connectivity index (χ4n) is 2.64. The maximum Gasteiger partial charge on any atom is 0.0564 e. The number of hydrogen-bond acceptors (Lipinski definition) is 4. The standard InChI is InChI=1S/C13H22BrN3S/c1-16-5-3-11(4-6-16)17(2)12(8-15)13-7-10(14)9-18-13/h7,9,11-12H,3-6,8,15H2,1-2H3. The number of nitrogens with zero attached hydrogens (tertiary/aromatic N) is 2. The summed E-state index contributed by atoms with van der Waals surface area (Å²) in [6.07, 6.45) is 2.49. The second-order valence-electron chi connectivity index (χ2n) is 5.12. The van der Waals surface area contributed by atoms with Crippen LogP contribution in [0.2, 0.25) is 0 Å². The Morgan fingerprint density at radius 2 is 2.22 bits per heavy atom. The molecule has 3 nitrogen and oxygen atoms in total. The van der Waals surface area contributed by atoms with Crippen LogP contribution in [0.25, 0.3) is 0 Å². The van der Waals surface area contributed by atoms with Crippen LogP contribution in [0.15, 0.2) is 15.9 Å². The molecule has 2 rings (SSSR count). The Morgan fingerprint density at radius 3 is 2.72 bits per heavy atom. The van der Waals surface area contributed by atoms with Crippen LogP contribution in [0.5, 0.6) is 0 Å². The van der Waals surface area contributed by atoms with Gasteiger partial charge in [0.05, 0.1) is 6.04 Å². The first-order valence-corrected chi connectivity index (χ1v) is 8.13. The summed E-state index contributed by atoms with van der Waals surface area (Å²) in [7, 11) is 4.42. The van der Waals surface area contributed by atoms with Gasteiger partial charge in [0.2, 0.25) is 0 Å². The van der Waals surface area contributed by atoms with E-state index in [0.717, 1.165) is 4.47 Å². The smallest absolute Gasteiger partial charge is 0.0564 e. The van der Waals surface area contributed by atoms with E-state index in [9.17, 15) is 0 Å². The van der Waals surface area contributed by atoms with Gasteiger partial charge in [0.25, 0.3) is 0 Å². The number of nitrogens with two attached hydrogens (primary N) is 1. The van der Waals surface area contributed by atoms with Gasteiger partial charge in [-0.2, -0.15) is 0 Å². The molecule has 1 aromatic heterocycles. The van der Waals surface area contributed by atoms with Gasteiger partial charge in [-0.15, -0.1) is 11.3 Å². The van der Waals surface area contributed by atoms with Gasteiger partial charge in [0.1, 0.15) is 0 Å². The minimum absolute atomic E-state index is 0.356. The average molecular weight is 332 g/mol. The van der Waals surface area contributed by atoms with Crippen molar-refractivity contribution in [2.45, 2.75) is 24.9 Å². The summed E-state index contributed by atoms with van der Waals surface area (Å²) in [6.45, 7) is 3.08. The van der Waals surface area contributed by atoms with E-state index in [0.29, 0.717) is 18.6 Å². The molecule has 1 fully saturated rings. The van der Waals surface area contributed by atoms with Crippen LogP contribution in [-0.2, 0) is 0 Å². The highest BCUT2D eigenvalue weighted by molar-refractivity contribution is 9.10. The summed E-state index contributed by atoms with van der Waals surface area (Å²) >= 11 is 5.32. The lowest BCUT2D eigenvalue weighted by atomic mass is 10.0. The molecule has 1 unspecified atom stereocenters. The molecule has 1 saturated heterocycles. The molecule has 102 valence electrons. The van der Waals surface area contributed by atoms with Crippen LogP contribution in [0.3, 0.4) is 0 Å². The van der Waals surface area contributed by atoms with Crippen molar-refractivity contribution in [3.63, 3.8) is 0 Å². The van der Waals surface area contributed by atoms with Crippen molar-refractivity contribution >= 4 is 27.3 Å². The molecule has 0 saturated carbocycles. The van der Waals surface area contributed by atoms with E-state index < -0.39 is 0 Å². The second-order valence-corrected chi connectivity index (χ2v) is 6.98. The molecular weight excluding hydrogens is 310 g/mol. The van der Waals surface area contributed by atoms with Crippen molar-refractivity contribution in [2.24, 2.45) is 5.73 Å². The first-order valence-electron chi connectivity index (χ1n) is 6.46. The molecule has 5 heteroatoms. The topological polar surface area (TPSA) is 32.5 Å². The van der Waals surface area contributed by atoms with E-state index in [1.807, 2.05) is 0 Å². The van der Waals surface area contributed by atoms with Crippen molar-refractivity contribution in [3.05, 3.63) is 20.8 Å². The predicted molar refractivity (Wildman–Crippen MR) is 82.1 cm³/mol. The van der Waals surface area contributed by atoms with Gasteiger partial charge in [0, 0.05) is 27.3 Å². The van der Waals surface area contributed by atoms with E-state index in [-0.39, 0.29) is 0 Å². The van der Waals surface area contributed by atoms with Gasteiger partial charge in [-0.25, -0.2) is 0 Å². The van der Waals surface area contributed by atoms with Gasteiger partial charge in [0.15, 0.2) is 0 Å². The zero-order valence-corrected chi connectivity index (χ0v) is 13.5. The largest absolute Gasteiger partial charge is 0.329 e. The lowest BCUT2D eigenvalue weighted by Gasteiger charge is -2.38. The van der Waals surface area contributed by atoms with Gasteiger partial charge < -0.3 is 10.6 Å². The highest BCUT2D eigenvalue weighted by Crippen LogP contribution is 2.31. The van der Waals surface area contributed by atoms with E-state index in [4.69, 9.17) is 5.73 Å². The van der Waals surface area contributed by atoms with Crippen LogP contribution < -0.4 is 5.73 Å². The molecule has 1 aliphatic rings. The summed E-state index contributed by atoms with van der Waals surface area (Å²) in [5.74, 6) is 0. The molecule has 0 spiro atoms. The summed E-state index contributed by atoms with van der Waals surface area (Å²) in [6, 6.07) is 3.22. The molecular formula is C13H22BrN3S. The number of hydrogen-bond donors (Lipinski definition) is 1. The Kier molecular flexibility index (Phi) is 5.21. The van der Waals surface area contributed by atoms with Crippen LogP contribution in [0.4, 0.5) is 0 Å². The number of thiophene rings is 1. The van der Waals surface area contributed by atoms with E-state index in [1.54, 1.807) is 11.3 Å². The second kappa shape index (κ2) is 6.48. The highest BCUT2D eigenvalue weighted by Gasteiger charge is 2.26. The van der Waals surface area contributed by atoms with Gasteiger partial charge >= 0.3 is 0 Å². The quantitative estimate of drug-likeness (QED) is 0.920. The molecule has 0 amide bonds.